The number of aliphatic carboxylic acids is 1. The lowest BCUT2D eigenvalue weighted by Gasteiger charge is -2.21. The van der Waals surface area contributed by atoms with E-state index in [1.165, 1.54) is 12.5 Å². The van der Waals surface area contributed by atoms with Crippen molar-refractivity contribution < 1.29 is 15.0 Å². The number of aromatic hydroxyl groups is 1. The third-order valence-corrected chi connectivity index (χ3v) is 3.52. The molecule has 23 heavy (non-hydrogen) atoms. The fraction of sp³-hybridized carbons (Fsp3) is 0.353. The average molecular weight is 315 g/mol. The molecule has 0 aliphatic heterocycles. The van der Waals surface area contributed by atoms with Gasteiger partial charge in [-0.3, -0.25) is 4.99 Å². The standard InChI is InChI=1S/C17H21N3O3/c1-17(2,3)13-6-4-5-11(15(13)21)8-19-14(16(22)23)7-12-9-18-10-20-12/h4-6,8-10,14,21H,7H2,1-3H3,(H,18,20)(H,22,23)/t14-/m0/s1. The summed E-state index contributed by atoms with van der Waals surface area (Å²) in [6.45, 7) is 6.00. The van der Waals surface area contributed by atoms with Gasteiger partial charge in [0, 0.05) is 30.1 Å². The van der Waals surface area contributed by atoms with Gasteiger partial charge in [-0.15, -0.1) is 0 Å². The molecule has 1 aromatic heterocycles. The molecule has 0 aliphatic carbocycles. The minimum Gasteiger partial charge on any atom is -0.507 e. The van der Waals surface area contributed by atoms with Gasteiger partial charge in [-0.25, -0.2) is 9.78 Å². The average Bonchev–Trinajstić information content (AvgIpc) is 2.96. The van der Waals surface area contributed by atoms with Crippen LogP contribution in [0.3, 0.4) is 0 Å². The zero-order chi connectivity index (χ0) is 17.0. The van der Waals surface area contributed by atoms with Crippen LogP contribution in [0.25, 0.3) is 0 Å². The van der Waals surface area contributed by atoms with E-state index in [4.69, 9.17) is 0 Å². The summed E-state index contributed by atoms with van der Waals surface area (Å²) in [6.07, 6.45) is 4.70. The molecule has 1 aromatic carbocycles. The summed E-state index contributed by atoms with van der Waals surface area (Å²) in [5.41, 5.74) is 1.79. The molecule has 0 aliphatic rings. The first kappa shape index (κ1) is 16.7. The summed E-state index contributed by atoms with van der Waals surface area (Å²) in [7, 11) is 0. The summed E-state index contributed by atoms with van der Waals surface area (Å²) in [5, 5.41) is 19.7. The van der Waals surface area contributed by atoms with Gasteiger partial charge in [0.15, 0.2) is 6.04 Å². The molecule has 0 fully saturated rings. The van der Waals surface area contributed by atoms with Crippen LogP contribution in [0, 0.1) is 0 Å². The molecule has 0 unspecified atom stereocenters. The molecule has 1 atom stereocenters. The van der Waals surface area contributed by atoms with Crippen molar-refractivity contribution in [3.63, 3.8) is 0 Å². The highest BCUT2D eigenvalue weighted by Crippen LogP contribution is 2.32. The number of phenols is 1. The van der Waals surface area contributed by atoms with E-state index in [0.717, 1.165) is 5.56 Å². The van der Waals surface area contributed by atoms with Gasteiger partial charge in [0.05, 0.1) is 6.33 Å². The number of nitrogens with zero attached hydrogens (tertiary/aromatic N) is 2. The highest BCUT2D eigenvalue weighted by molar-refractivity contribution is 5.86. The molecule has 0 amide bonds. The third kappa shape index (κ3) is 4.18. The van der Waals surface area contributed by atoms with Gasteiger partial charge in [0.25, 0.3) is 0 Å². The number of hydrogen-bond donors (Lipinski definition) is 3. The van der Waals surface area contributed by atoms with Crippen LogP contribution in [-0.2, 0) is 16.6 Å². The smallest absolute Gasteiger partial charge is 0.328 e. The van der Waals surface area contributed by atoms with E-state index in [2.05, 4.69) is 15.0 Å². The Morgan fingerprint density at radius 3 is 2.74 bits per heavy atom. The number of aromatic amines is 1. The molecule has 2 aromatic rings. The van der Waals surface area contributed by atoms with E-state index < -0.39 is 12.0 Å². The van der Waals surface area contributed by atoms with Gasteiger partial charge in [0.2, 0.25) is 0 Å². The third-order valence-electron chi connectivity index (χ3n) is 3.52. The molecule has 0 bridgehead atoms. The van der Waals surface area contributed by atoms with Gasteiger partial charge in [-0.2, -0.15) is 0 Å². The molecular weight excluding hydrogens is 294 g/mol. The molecule has 1 heterocycles. The lowest BCUT2D eigenvalue weighted by molar-refractivity contribution is -0.138. The highest BCUT2D eigenvalue weighted by atomic mass is 16.4. The number of hydrogen-bond acceptors (Lipinski definition) is 4. The summed E-state index contributed by atoms with van der Waals surface area (Å²) in [4.78, 5) is 22.2. The Morgan fingerprint density at radius 2 is 2.17 bits per heavy atom. The second kappa shape index (κ2) is 6.64. The first-order valence-corrected chi connectivity index (χ1v) is 7.34. The predicted molar refractivity (Wildman–Crippen MR) is 88.1 cm³/mol. The summed E-state index contributed by atoms with van der Waals surface area (Å²) in [6, 6.07) is 4.45. The van der Waals surface area contributed by atoms with Crippen molar-refractivity contribution >= 4 is 12.2 Å². The molecule has 6 nitrogen and oxygen atoms in total. The quantitative estimate of drug-likeness (QED) is 0.738. The van der Waals surface area contributed by atoms with Crippen LogP contribution in [0.5, 0.6) is 5.75 Å². The van der Waals surface area contributed by atoms with E-state index in [1.54, 1.807) is 12.3 Å². The maximum atomic E-state index is 11.3. The van der Waals surface area contributed by atoms with Crippen molar-refractivity contribution in [3.05, 3.63) is 47.5 Å². The van der Waals surface area contributed by atoms with Crippen molar-refractivity contribution in [3.8, 4) is 5.75 Å². The zero-order valence-electron chi connectivity index (χ0n) is 13.4. The minimum absolute atomic E-state index is 0.134. The predicted octanol–water partition coefficient (Wildman–Crippen LogP) is 2.53. The number of H-pyrrole nitrogens is 1. The molecular formula is C17H21N3O3. The molecule has 0 saturated heterocycles. The van der Waals surface area contributed by atoms with Crippen LogP contribution in [0.4, 0.5) is 0 Å². The number of phenolic OH excluding ortho intramolecular Hbond substituents is 1. The maximum Gasteiger partial charge on any atom is 0.328 e. The Morgan fingerprint density at radius 1 is 1.43 bits per heavy atom. The van der Waals surface area contributed by atoms with Gasteiger partial charge < -0.3 is 15.2 Å². The zero-order valence-corrected chi connectivity index (χ0v) is 13.4. The maximum absolute atomic E-state index is 11.3. The number of para-hydroxylation sites is 1. The van der Waals surface area contributed by atoms with Crippen molar-refractivity contribution in [1.82, 2.24) is 9.97 Å². The Kier molecular flexibility index (Phi) is 4.83. The van der Waals surface area contributed by atoms with Crippen molar-refractivity contribution in [2.75, 3.05) is 0 Å². The number of imidazole rings is 1. The van der Waals surface area contributed by atoms with Crippen LogP contribution in [0.1, 0.15) is 37.6 Å². The molecule has 2 rings (SSSR count). The fourth-order valence-corrected chi connectivity index (χ4v) is 2.25. The number of benzene rings is 1. The number of aromatic nitrogens is 2. The summed E-state index contributed by atoms with van der Waals surface area (Å²) >= 11 is 0. The number of carboxylic acid groups (broad SMARTS) is 1. The number of rotatable bonds is 5. The van der Waals surface area contributed by atoms with Gasteiger partial charge >= 0.3 is 5.97 Å². The Balaban J connectivity index is 2.25. The Bertz CT molecular complexity index is 700. The number of aliphatic imine (C=N–C) groups is 1. The van der Waals surface area contributed by atoms with Crippen molar-refractivity contribution in [1.29, 1.82) is 0 Å². The largest absolute Gasteiger partial charge is 0.507 e. The molecule has 3 N–H and O–H groups in total. The topological polar surface area (TPSA) is 98.6 Å². The Labute approximate surface area is 134 Å². The number of nitrogens with one attached hydrogen (secondary N) is 1. The minimum atomic E-state index is -1.03. The van der Waals surface area contributed by atoms with Crippen molar-refractivity contribution in [2.24, 2.45) is 4.99 Å². The van der Waals surface area contributed by atoms with Gasteiger partial charge in [-0.1, -0.05) is 32.9 Å². The lowest BCUT2D eigenvalue weighted by Crippen LogP contribution is -2.21. The van der Waals surface area contributed by atoms with Crippen LogP contribution < -0.4 is 0 Å². The van der Waals surface area contributed by atoms with Gasteiger partial charge in [-0.05, 0) is 17.0 Å². The summed E-state index contributed by atoms with van der Waals surface area (Å²) in [5.74, 6) is -0.892. The molecule has 0 radical (unpaired) electrons. The van der Waals surface area contributed by atoms with Crippen LogP contribution in [0.2, 0.25) is 0 Å². The van der Waals surface area contributed by atoms with Crippen LogP contribution in [-0.4, -0.2) is 38.4 Å². The first-order chi connectivity index (χ1) is 10.8. The first-order valence-electron chi connectivity index (χ1n) is 7.34. The van der Waals surface area contributed by atoms with E-state index in [0.29, 0.717) is 11.3 Å². The second-order valence-electron chi connectivity index (χ2n) is 6.41. The SMILES string of the molecule is CC(C)(C)c1cccc(C=N[C@@H](Cc2cnc[nH]2)C(=O)O)c1O. The Hall–Kier alpha value is -2.63. The second-order valence-corrected chi connectivity index (χ2v) is 6.41. The van der Waals surface area contributed by atoms with E-state index in [9.17, 15) is 15.0 Å². The highest BCUT2D eigenvalue weighted by Gasteiger charge is 2.20. The fourth-order valence-electron chi connectivity index (χ4n) is 2.25. The summed E-state index contributed by atoms with van der Waals surface area (Å²) < 4.78 is 0. The van der Waals surface area contributed by atoms with E-state index >= 15 is 0 Å². The molecule has 122 valence electrons. The van der Waals surface area contributed by atoms with Gasteiger partial charge in [0.1, 0.15) is 5.75 Å². The number of carbonyl (C=O) groups is 1. The van der Waals surface area contributed by atoms with Crippen LogP contribution in [0.15, 0.2) is 35.7 Å². The number of carboxylic acids is 1. The van der Waals surface area contributed by atoms with E-state index in [-0.39, 0.29) is 17.6 Å². The molecule has 0 spiro atoms. The van der Waals surface area contributed by atoms with Crippen LogP contribution >= 0.6 is 0 Å². The molecule has 6 heteroatoms. The lowest BCUT2D eigenvalue weighted by atomic mass is 9.85. The van der Waals surface area contributed by atoms with Crippen molar-refractivity contribution in [2.45, 2.75) is 38.6 Å². The monoisotopic (exact) mass is 315 g/mol. The molecule has 0 saturated carbocycles. The van der Waals surface area contributed by atoms with E-state index in [1.807, 2.05) is 32.9 Å². The normalized spacial score (nSPS) is 13.3.